The number of hydrogen-bond acceptors (Lipinski definition) is 6. The third-order valence-electron chi connectivity index (χ3n) is 3.69. The van der Waals surface area contributed by atoms with Crippen LogP contribution in [0.2, 0.25) is 0 Å². The lowest BCUT2D eigenvalue weighted by Gasteiger charge is -2.23. The van der Waals surface area contributed by atoms with Crippen LogP contribution in [-0.4, -0.2) is 42.1 Å². The highest BCUT2D eigenvalue weighted by Crippen LogP contribution is 2.44. The van der Waals surface area contributed by atoms with Gasteiger partial charge in [0.25, 0.3) is 0 Å². The highest BCUT2D eigenvalue weighted by atomic mass is 16.5. The number of fused-ring (bicyclic) bond motifs is 1. The molecule has 0 saturated heterocycles. The third-order valence-corrected chi connectivity index (χ3v) is 3.69. The molecule has 1 unspecified atom stereocenters. The number of rotatable bonds is 4. The van der Waals surface area contributed by atoms with Crippen molar-refractivity contribution < 1.29 is 29.3 Å². The SMILES string of the molecule is COc1cc(OC)c2c(c1O)C(=O)C(CC(C)O)=C(C)C2=O. The van der Waals surface area contributed by atoms with Crippen LogP contribution in [0.3, 0.4) is 0 Å². The van der Waals surface area contributed by atoms with Gasteiger partial charge >= 0.3 is 0 Å². The van der Waals surface area contributed by atoms with Gasteiger partial charge in [0.15, 0.2) is 23.1 Å². The molecule has 1 atom stereocenters. The monoisotopic (exact) mass is 306 g/mol. The third kappa shape index (κ3) is 2.35. The number of hydrogen-bond donors (Lipinski definition) is 2. The zero-order valence-corrected chi connectivity index (χ0v) is 12.9. The average Bonchev–Trinajstić information content (AvgIpc) is 2.48. The Morgan fingerprint density at radius 1 is 1.09 bits per heavy atom. The second-order valence-corrected chi connectivity index (χ2v) is 5.19. The minimum absolute atomic E-state index is 0.0256. The molecule has 0 fully saturated rings. The van der Waals surface area contributed by atoms with Crippen molar-refractivity contribution in [2.24, 2.45) is 0 Å². The first-order valence-electron chi connectivity index (χ1n) is 6.78. The molecule has 6 nitrogen and oxygen atoms in total. The molecule has 1 aromatic carbocycles. The van der Waals surface area contributed by atoms with Crippen molar-refractivity contribution >= 4 is 11.6 Å². The van der Waals surface area contributed by atoms with E-state index >= 15 is 0 Å². The van der Waals surface area contributed by atoms with Crippen molar-refractivity contribution in [3.05, 3.63) is 28.3 Å². The number of phenolic OH excluding ortho intramolecular Hbond substituents is 1. The van der Waals surface area contributed by atoms with Gasteiger partial charge in [-0.15, -0.1) is 0 Å². The first kappa shape index (κ1) is 16.0. The zero-order valence-electron chi connectivity index (χ0n) is 12.9. The first-order chi connectivity index (χ1) is 10.3. The van der Waals surface area contributed by atoms with Gasteiger partial charge in [0.05, 0.1) is 31.5 Å². The summed E-state index contributed by atoms with van der Waals surface area (Å²) in [5, 5.41) is 19.8. The smallest absolute Gasteiger partial charge is 0.194 e. The van der Waals surface area contributed by atoms with Crippen molar-refractivity contribution in [2.45, 2.75) is 26.4 Å². The van der Waals surface area contributed by atoms with Crippen LogP contribution in [0.1, 0.15) is 41.0 Å². The fourth-order valence-electron chi connectivity index (χ4n) is 2.57. The Morgan fingerprint density at radius 3 is 2.18 bits per heavy atom. The average molecular weight is 306 g/mol. The summed E-state index contributed by atoms with van der Waals surface area (Å²) < 4.78 is 10.2. The Bertz CT molecular complexity index is 684. The van der Waals surface area contributed by atoms with Gasteiger partial charge in [-0.25, -0.2) is 0 Å². The molecule has 22 heavy (non-hydrogen) atoms. The molecule has 0 radical (unpaired) electrons. The molecule has 0 aliphatic heterocycles. The molecule has 1 aliphatic rings. The molecular weight excluding hydrogens is 288 g/mol. The van der Waals surface area contributed by atoms with E-state index in [4.69, 9.17) is 9.47 Å². The Morgan fingerprint density at radius 2 is 1.68 bits per heavy atom. The van der Waals surface area contributed by atoms with E-state index in [1.807, 2.05) is 0 Å². The van der Waals surface area contributed by atoms with Crippen LogP contribution in [-0.2, 0) is 0 Å². The van der Waals surface area contributed by atoms with Crippen molar-refractivity contribution in [2.75, 3.05) is 14.2 Å². The van der Waals surface area contributed by atoms with E-state index < -0.39 is 23.4 Å². The lowest BCUT2D eigenvalue weighted by atomic mass is 9.81. The second kappa shape index (κ2) is 5.81. The van der Waals surface area contributed by atoms with Crippen molar-refractivity contribution in [1.82, 2.24) is 0 Å². The largest absolute Gasteiger partial charge is 0.504 e. The number of carbonyl (C=O) groups excluding carboxylic acids is 2. The zero-order chi connectivity index (χ0) is 16.6. The topological polar surface area (TPSA) is 93.1 Å². The minimum Gasteiger partial charge on any atom is -0.504 e. The number of methoxy groups -OCH3 is 2. The van der Waals surface area contributed by atoms with Crippen LogP contribution < -0.4 is 9.47 Å². The number of allylic oxidation sites excluding steroid dienone is 1. The molecule has 0 bridgehead atoms. The normalized spacial score (nSPS) is 15.7. The van der Waals surface area contributed by atoms with Crippen LogP contribution in [0.15, 0.2) is 17.2 Å². The Hall–Kier alpha value is -2.34. The van der Waals surface area contributed by atoms with Crippen molar-refractivity contribution in [3.63, 3.8) is 0 Å². The Kier molecular flexibility index (Phi) is 4.23. The molecule has 0 heterocycles. The maximum absolute atomic E-state index is 12.7. The van der Waals surface area contributed by atoms with Crippen LogP contribution >= 0.6 is 0 Å². The van der Waals surface area contributed by atoms with Crippen LogP contribution in [0, 0.1) is 0 Å². The molecule has 2 N–H and O–H groups in total. The van der Waals surface area contributed by atoms with Gasteiger partial charge in [-0.05, 0) is 13.8 Å². The van der Waals surface area contributed by atoms with Gasteiger partial charge in [-0.2, -0.15) is 0 Å². The molecule has 1 aromatic rings. The van der Waals surface area contributed by atoms with Crippen LogP contribution in [0.4, 0.5) is 0 Å². The highest BCUT2D eigenvalue weighted by molar-refractivity contribution is 6.29. The van der Waals surface area contributed by atoms with E-state index in [2.05, 4.69) is 0 Å². The van der Waals surface area contributed by atoms with E-state index in [0.29, 0.717) is 0 Å². The highest BCUT2D eigenvalue weighted by Gasteiger charge is 2.36. The van der Waals surface area contributed by atoms with E-state index in [1.165, 1.54) is 34.1 Å². The maximum Gasteiger partial charge on any atom is 0.194 e. The molecule has 0 amide bonds. The number of phenols is 1. The Labute approximate surface area is 128 Å². The lowest BCUT2D eigenvalue weighted by Crippen LogP contribution is -2.24. The van der Waals surface area contributed by atoms with Gasteiger partial charge < -0.3 is 19.7 Å². The van der Waals surface area contributed by atoms with Crippen LogP contribution in [0.25, 0.3) is 0 Å². The summed E-state index contributed by atoms with van der Waals surface area (Å²) >= 11 is 0. The second-order valence-electron chi connectivity index (χ2n) is 5.19. The fourth-order valence-corrected chi connectivity index (χ4v) is 2.57. The van der Waals surface area contributed by atoms with E-state index in [9.17, 15) is 19.8 Å². The number of aliphatic hydroxyl groups excluding tert-OH is 1. The van der Waals surface area contributed by atoms with Gasteiger partial charge in [0, 0.05) is 23.6 Å². The number of aromatic hydroxyl groups is 1. The molecular formula is C16H18O6. The molecule has 6 heteroatoms. The maximum atomic E-state index is 12.7. The van der Waals surface area contributed by atoms with Gasteiger partial charge in [0.2, 0.25) is 0 Å². The molecule has 118 valence electrons. The lowest BCUT2D eigenvalue weighted by molar-refractivity contribution is 0.0955. The molecule has 1 aliphatic carbocycles. The molecule has 2 rings (SSSR count). The van der Waals surface area contributed by atoms with Crippen LogP contribution in [0.5, 0.6) is 17.2 Å². The summed E-state index contributed by atoms with van der Waals surface area (Å²) in [6.07, 6.45) is -0.743. The number of carbonyl (C=O) groups is 2. The fraction of sp³-hybridized carbons (Fsp3) is 0.375. The van der Waals surface area contributed by atoms with Gasteiger partial charge in [0.1, 0.15) is 5.75 Å². The summed E-state index contributed by atoms with van der Waals surface area (Å²) in [4.78, 5) is 25.2. The number of ketones is 2. The molecule has 0 saturated carbocycles. The number of benzene rings is 1. The number of ether oxygens (including phenoxy) is 2. The summed E-state index contributed by atoms with van der Waals surface area (Å²) in [5.41, 5.74) is 0.333. The standard InChI is InChI=1S/C16H18O6/c1-7(17)5-9-8(2)14(18)12-10(21-3)6-11(22-4)16(20)13(12)15(9)19/h6-7,17,20H,5H2,1-4H3. The molecule has 0 spiro atoms. The number of Topliss-reactive ketones (excluding diaryl/α,β-unsaturated/α-hetero) is 2. The molecule has 0 aromatic heterocycles. The number of aliphatic hydroxyl groups is 1. The predicted molar refractivity (Wildman–Crippen MR) is 78.9 cm³/mol. The quantitative estimate of drug-likeness (QED) is 0.882. The van der Waals surface area contributed by atoms with Crippen molar-refractivity contribution in [3.8, 4) is 17.2 Å². The first-order valence-corrected chi connectivity index (χ1v) is 6.78. The summed E-state index contributed by atoms with van der Waals surface area (Å²) in [6.45, 7) is 3.06. The summed E-state index contributed by atoms with van der Waals surface area (Å²) in [6, 6.07) is 1.37. The summed E-state index contributed by atoms with van der Waals surface area (Å²) in [5.74, 6) is -1.08. The predicted octanol–water partition coefficient (Wildman–Crippen LogP) is 1.88. The van der Waals surface area contributed by atoms with Gasteiger partial charge in [-0.1, -0.05) is 0 Å². The van der Waals surface area contributed by atoms with E-state index in [1.54, 1.807) is 0 Å². The van der Waals surface area contributed by atoms with E-state index in [-0.39, 0.29) is 40.2 Å². The van der Waals surface area contributed by atoms with Crippen molar-refractivity contribution in [1.29, 1.82) is 0 Å². The summed E-state index contributed by atoms with van der Waals surface area (Å²) in [7, 11) is 2.71. The van der Waals surface area contributed by atoms with Gasteiger partial charge in [-0.3, -0.25) is 9.59 Å². The minimum atomic E-state index is -0.780. The Balaban J connectivity index is 2.76. The van der Waals surface area contributed by atoms with E-state index in [0.717, 1.165) is 0 Å².